The summed E-state index contributed by atoms with van der Waals surface area (Å²) in [4.78, 5) is 14.2. The first-order chi connectivity index (χ1) is 9.65. The Morgan fingerprint density at radius 2 is 2.10 bits per heavy atom. The predicted octanol–water partition coefficient (Wildman–Crippen LogP) is 1.18. The Hall–Kier alpha value is -1.83. The molecule has 20 heavy (non-hydrogen) atoms. The summed E-state index contributed by atoms with van der Waals surface area (Å²) in [5, 5.41) is 17.6. The summed E-state index contributed by atoms with van der Waals surface area (Å²) in [6, 6.07) is 5.41. The van der Waals surface area contributed by atoms with Crippen LogP contribution < -0.4 is 0 Å². The van der Waals surface area contributed by atoms with Crippen LogP contribution in [-0.4, -0.2) is 47.3 Å². The second-order valence-corrected chi connectivity index (χ2v) is 4.40. The molecule has 0 bridgehead atoms. The summed E-state index contributed by atoms with van der Waals surface area (Å²) >= 11 is 0. The molecule has 1 rings (SSSR count). The predicted molar refractivity (Wildman–Crippen MR) is 78.4 cm³/mol. The van der Waals surface area contributed by atoms with E-state index in [1.54, 1.807) is 17.0 Å². The van der Waals surface area contributed by atoms with Crippen LogP contribution in [0.5, 0.6) is 0 Å². The molecule has 0 aliphatic carbocycles. The molecular weight excluding hydrogens is 254 g/mol. The summed E-state index contributed by atoms with van der Waals surface area (Å²) in [5.74, 6) is 5.39. The molecule has 0 heterocycles. The summed E-state index contributed by atoms with van der Waals surface area (Å²) < 4.78 is 0. The first kappa shape index (κ1) is 16.2. The Morgan fingerprint density at radius 1 is 1.35 bits per heavy atom. The van der Waals surface area contributed by atoms with Crippen LogP contribution in [0.2, 0.25) is 0 Å². The van der Waals surface area contributed by atoms with E-state index in [-0.39, 0.29) is 19.1 Å². The van der Waals surface area contributed by atoms with Crippen molar-refractivity contribution in [3.05, 3.63) is 34.9 Å². The molecule has 0 unspecified atom stereocenters. The number of amides is 1. The number of nitrogens with zero attached hydrogens (tertiary/aromatic N) is 1. The Balaban J connectivity index is 3.03. The lowest BCUT2D eigenvalue weighted by atomic mass is 10.0. The lowest BCUT2D eigenvalue weighted by Crippen LogP contribution is -2.32. The molecule has 2 N–H and O–H groups in total. The summed E-state index contributed by atoms with van der Waals surface area (Å²) in [5.41, 5.74) is 2.19. The number of carbonyl (C=O) groups is 1. The molecule has 0 atom stereocenters. The first-order valence-corrected chi connectivity index (χ1v) is 6.75. The van der Waals surface area contributed by atoms with Gasteiger partial charge in [0.2, 0.25) is 0 Å². The van der Waals surface area contributed by atoms with E-state index in [9.17, 15) is 4.79 Å². The van der Waals surface area contributed by atoms with Gasteiger partial charge in [0.05, 0.1) is 0 Å². The van der Waals surface area contributed by atoms with Gasteiger partial charge in [0.1, 0.15) is 6.61 Å². The Kier molecular flexibility index (Phi) is 6.78. The Morgan fingerprint density at radius 3 is 2.70 bits per heavy atom. The quantitative estimate of drug-likeness (QED) is 0.793. The fraction of sp³-hybridized carbons (Fsp3) is 0.438. The van der Waals surface area contributed by atoms with Crippen molar-refractivity contribution in [3.63, 3.8) is 0 Å². The fourth-order valence-corrected chi connectivity index (χ4v) is 1.97. The number of carbonyl (C=O) groups excluding carboxylic acids is 1. The van der Waals surface area contributed by atoms with Gasteiger partial charge in [-0.1, -0.05) is 17.9 Å². The zero-order valence-corrected chi connectivity index (χ0v) is 12.0. The molecule has 0 aromatic heterocycles. The standard InChI is InChI=1S/C16H21NO3/c1-3-17(10-6-12-19)16(20)15-9-4-7-14(13(15)2)8-5-11-18/h4,7,9,18-19H,3,6,10-12H2,1-2H3. The molecular formula is C16H21NO3. The van der Waals surface area contributed by atoms with Crippen molar-refractivity contribution >= 4 is 5.91 Å². The third-order valence-electron chi connectivity index (χ3n) is 3.12. The number of rotatable bonds is 5. The third-order valence-corrected chi connectivity index (χ3v) is 3.12. The highest BCUT2D eigenvalue weighted by Gasteiger charge is 2.16. The molecule has 1 aromatic carbocycles. The summed E-state index contributed by atoms with van der Waals surface area (Å²) in [6.07, 6.45) is 0.572. The van der Waals surface area contributed by atoms with Crippen molar-refractivity contribution in [1.82, 2.24) is 4.90 Å². The van der Waals surface area contributed by atoms with E-state index in [2.05, 4.69) is 11.8 Å². The monoisotopic (exact) mass is 275 g/mol. The molecule has 1 aromatic rings. The minimum atomic E-state index is -0.199. The van der Waals surface area contributed by atoms with Crippen molar-refractivity contribution in [2.45, 2.75) is 20.3 Å². The number of hydrogen-bond acceptors (Lipinski definition) is 3. The molecule has 0 saturated carbocycles. The second-order valence-electron chi connectivity index (χ2n) is 4.40. The molecule has 0 saturated heterocycles. The van der Waals surface area contributed by atoms with Gasteiger partial charge in [0, 0.05) is 30.8 Å². The molecule has 0 radical (unpaired) electrons. The minimum absolute atomic E-state index is 0.0499. The normalized spacial score (nSPS) is 9.80. The van der Waals surface area contributed by atoms with Gasteiger partial charge in [-0.25, -0.2) is 0 Å². The lowest BCUT2D eigenvalue weighted by Gasteiger charge is -2.21. The zero-order chi connectivity index (χ0) is 15.0. The molecule has 4 nitrogen and oxygen atoms in total. The van der Waals surface area contributed by atoms with Gasteiger partial charge in [-0.15, -0.1) is 0 Å². The second kappa shape index (κ2) is 8.36. The van der Waals surface area contributed by atoms with Gasteiger partial charge >= 0.3 is 0 Å². The maximum Gasteiger partial charge on any atom is 0.254 e. The topological polar surface area (TPSA) is 60.8 Å². The number of hydrogen-bond donors (Lipinski definition) is 2. The molecule has 4 heteroatoms. The number of aliphatic hydroxyl groups excluding tert-OH is 2. The molecule has 0 spiro atoms. The minimum Gasteiger partial charge on any atom is -0.396 e. The average molecular weight is 275 g/mol. The molecule has 0 aliphatic heterocycles. The van der Waals surface area contributed by atoms with Crippen molar-refractivity contribution in [3.8, 4) is 11.8 Å². The van der Waals surface area contributed by atoms with E-state index >= 15 is 0 Å². The van der Waals surface area contributed by atoms with Crippen LogP contribution in [0, 0.1) is 18.8 Å². The average Bonchev–Trinajstić information content (AvgIpc) is 2.46. The third kappa shape index (κ3) is 4.09. The molecule has 108 valence electrons. The Labute approximate surface area is 120 Å². The van der Waals surface area contributed by atoms with Crippen LogP contribution in [0.4, 0.5) is 0 Å². The van der Waals surface area contributed by atoms with E-state index in [1.165, 1.54) is 0 Å². The van der Waals surface area contributed by atoms with E-state index < -0.39 is 0 Å². The van der Waals surface area contributed by atoms with Gasteiger partial charge in [-0.3, -0.25) is 4.79 Å². The highest BCUT2D eigenvalue weighted by Crippen LogP contribution is 2.15. The first-order valence-electron chi connectivity index (χ1n) is 6.75. The molecule has 1 amide bonds. The maximum absolute atomic E-state index is 12.5. The van der Waals surface area contributed by atoms with Gasteiger partial charge in [-0.05, 0) is 38.0 Å². The van der Waals surface area contributed by atoms with Crippen molar-refractivity contribution in [2.24, 2.45) is 0 Å². The number of benzene rings is 1. The van der Waals surface area contributed by atoms with Crippen LogP contribution >= 0.6 is 0 Å². The van der Waals surface area contributed by atoms with Gasteiger partial charge in [0.15, 0.2) is 0 Å². The molecule has 0 fully saturated rings. The van der Waals surface area contributed by atoms with Gasteiger partial charge in [-0.2, -0.15) is 0 Å². The largest absolute Gasteiger partial charge is 0.396 e. The van der Waals surface area contributed by atoms with Crippen molar-refractivity contribution in [1.29, 1.82) is 0 Å². The van der Waals surface area contributed by atoms with E-state index in [0.29, 0.717) is 25.1 Å². The Bertz CT molecular complexity index is 514. The van der Waals surface area contributed by atoms with Crippen LogP contribution in [-0.2, 0) is 0 Å². The zero-order valence-electron chi connectivity index (χ0n) is 12.0. The van der Waals surface area contributed by atoms with Crippen LogP contribution in [0.15, 0.2) is 18.2 Å². The summed E-state index contributed by atoms with van der Waals surface area (Å²) in [6.45, 7) is 4.79. The van der Waals surface area contributed by atoms with Gasteiger partial charge in [0.25, 0.3) is 5.91 Å². The highest BCUT2D eigenvalue weighted by molar-refractivity contribution is 5.96. The lowest BCUT2D eigenvalue weighted by molar-refractivity contribution is 0.0753. The van der Waals surface area contributed by atoms with E-state index in [1.807, 2.05) is 19.9 Å². The van der Waals surface area contributed by atoms with Crippen LogP contribution in [0.3, 0.4) is 0 Å². The maximum atomic E-state index is 12.5. The fourth-order valence-electron chi connectivity index (χ4n) is 1.97. The van der Waals surface area contributed by atoms with Gasteiger partial charge < -0.3 is 15.1 Å². The van der Waals surface area contributed by atoms with Crippen LogP contribution in [0.25, 0.3) is 0 Å². The van der Waals surface area contributed by atoms with E-state index in [4.69, 9.17) is 10.2 Å². The summed E-state index contributed by atoms with van der Waals surface area (Å²) in [7, 11) is 0. The SMILES string of the molecule is CCN(CCCO)C(=O)c1cccc(C#CCO)c1C. The molecule has 0 aliphatic rings. The van der Waals surface area contributed by atoms with E-state index in [0.717, 1.165) is 11.1 Å². The highest BCUT2D eigenvalue weighted by atomic mass is 16.3. The van der Waals surface area contributed by atoms with Crippen molar-refractivity contribution < 1.29 is 15.0 Å². The smallest absolute Gasteiger partial charge is 0.254 e. The van der Waals surface area contributed by atoms with Crippen molar-refractivity contribution in [2.75, 3.05) is 26.3 Å². The van der Waals surface area contributed by atoms with Crippen LogP contribution in [0.1, 0.15) is 34.8 Å². The number of aliphatic hydroxyl groups is 2.